The molecule has 1 unspecified atom stereocenters. The van der Waals surface area contributed by atoms with Crippen molar-refractivity contribution in [2.75, 3.05) is 7.11 Å². The minimum absolute atomic E-state index is 0.00227. The van der Waals surface area contributed by atoms with Crippen LogP contribution >= 0.6 is 0 Å². The largest absolute Gasteiger partial charge is 0.493 e. The predicted octanol–water partition coefficient (Wildman–Crippen LogP) is 1.86. The van der Waals surface area contributed by atoms with Crippen molar-refractivity contribution in [2.45, 2.75) is 32.7 Å². The third-order valence-corrected chi connectivity index (χ3v) is 3.04. The number of hydrogen-bond donors (Lipinski definition) is 1. The first-order valence-corrected chi connectivity index (χ1v) is 5.47. The number of nitrogens with two attached hydrogens (primary N) is 1. The lowest BCUT2D eigenvalue weighted by atomic mass is 9.92. The van der Waals surface area contributed by atoms with Crippen LogP contribution < -0.4 is 10.5 Å². The van der Waals surface area contributed by atoms with Crippen LogP contribution in [0.4, 0.5) is 0 Å². The fraction of sp³-hybridized carbons (Fsp3) is 0.727. The number of nitrogens with zero attached hydrogens (tertiary/aromatic N) is 2. The maximum absolute atomic E-state index is 6.24. The summed E-state index contributed by atoms with van der Waals surface area (Å²) in [6.07, 6.45) is 3.87. The maximum Gasteiger partial charge on any atom is 0.161 e. The van der Waals surface area contributed by atoms with Crippen LogP contribution in [0.5, 0.6) is 5.75 Å². The Morgan fingerprint density at radius 1 is 1.47 bits per heavy atom. The molecule has 0 spiro atoms. The Bertz CT molecular complexity index is 305. The molecule has 15 heavy (non-hydrogen) atoms. The molecule has 4 heteroatoms. The molecule has 1 aromatic rings. The van der Waals surface area contributed by atoms with E-state index in [0.717, 1.165) is 24.3 Å². The molecule has 1 heterocycles. The molecule has 0 aliphatic rings. The number of rotatable bonds is 5. The molecule has 86 valence electrons. The SMILES string of the molecule is CCC(CC)C(N)c1c(OC)cnn1C. The van der Waals surface area contributed by atoms with E-state index in [0.29, 0.717) is 5.92 Å². The Morgan fingerprint density at radius 3 is 2.53 bits per heavy atom. The molecule has 0 saturated heterocycles. The molecule has 0 aromatic carbocycles. The van der Waals surface area contributed by atoms with Crippen LogP contribution in [0.25, 0.3) is 0 Å². The van der Waals surface area contributed by atoms with Crippen LogP contribution in [0.2, 0.25) is 0 Å². The molecule has 0 bridgehead atoms. The summed E-state index contributed by atoms with van der Waals surface area (Å²) >= 11 is 0. The summed E-state index contributed by atoms with van der Waals surface area (Å²) in [5.41, 5.74) is 7.23. The fourth-order valence-corrected chi connectivity index (χ4v) is 1.98. The highest BCUT2D eigenvalue weighted by atomic mass is 16.5. The zero-order chi connectivity index (χ0) is 11.4. The lowest BCUT2D eigenvalue weighted by Crippen LogP contribution is -2.23. The molecule has 1 aromatic heterocycles. The summed E-state index contributed by atoms with van der Waals surface area (Å²) in [7, 11) is 3.56. The Kier molecular flexibility index (Phi) is 4.15. The Hall–Kier alpha value is -1.03. The monoisotopic (exact) mass is 211 g/mol. The van der Waals surface area contributed by atoms with E-state index in [2.05, 4.69) is 18.9 Å². The molecule has 0 saturated carbocycles. The first-order chi connectivity index (χ1) is 7.15. The van der Waals surface area contributed by atoms with Crippen molar-refractivity contribution < 1.29 is 4.74 Å². The average molecular weight is 211 g/mol. The van der Waals surface area contributed by atoms with E-state index in [1.807, 2.05) is 11.7 Å². The molecule has 0 amide bonds. The van der Waals surface area contributed by atoms with Crippen LogP contribution in [0.3, 0.4) is 0 Å². The second kappa shape index (κ2) is 5.16. The normalized spacial score (nSPS) is 13.2. The van der Waals surface area contributed by atoms with Crippen molar-refractivity contribution in [3.8, 4) is 5.75 Å². The number of methoxy groups -OCH3 is 1. The van der Waals surface area contributed by atoms with Gasteiger partial charge in [0, 0.05) is 7.05 Å². The fourth-order valence-electron chi connectivity index (χ4n) is 1.98. The molecular weight excluding hydrogens is 190 g/mol. The average Bonchev–Trinajstić information content (AvgIpc) is 2.61. The predicted molar refractivity (Wildman–Crippen MR) is 60.8 cm³/mol. The summed E-state index contributed by atoms with van der Waals surface area (Å²) in [5.74, 6) is 1.27. The van der Waals surface area contributed by atoms with Gasteiger partial charge >= 0.3 is 0 Å². The lowest BCUT2D eigenvalue weighted by Gasteiger charge is -2.22. The van der Waals surface area contributed by atoms with Crippen molar-refractivity contribution >= 4 is 0 Å². The van der Waals surface area contributed by atoms with Crippen molar-refractivity contribution in [3.63, 3.8) is 0 Å². The minimum Gasteiger partial charge on any atom is -0.493 e. The van der Waals surface area contributed by atoms with Gasteiger partial charge < -0.3 is 10.5 Å². The van der Waals surface area contributed by atoms with E-state index < -0.39 is 0 Å². The zero-order valence-corrected chi connectivity index (χ0v) is 10.0. The van der Waals surface area contributed by atoms with E-state index in [9.17, 15) is 0 Å². The van der Waals surface area contributed by atoms with Gasteiger partial charge in [0.2, 0.25) is 0 Å². The zero-order valence-electron chi connectivity index (χ0n) is 10.0. The van der Waals surface area contributed by atoms with Gasteiger partial charge in [0.15, 0.2) is 5.75 Å². The van der Waals surface area contributed by atoms with Crippen molar-refractivity contribution in [2.24, 2.45) is 18.7 Å². The van der Waals surface area contributed by atoms with Gasteiger partial charge in [-0.15, -0.1) is 0 Å². The summed E-state index contributed by atoms with van der Waals surface area (Å²) in [6, 6.07) is 0.00227. The van der Waals surface area contributed by atoms with Gasteiger partial charge in [-0.2, -0.15) is 5.10 Å². The number of ether oxygens (including phenoxy) is 1. The highest BCUT2D eigenvalue weighted by molar-refractivity contribution is 5.28. The van der Waals surface area contributed by atoms with Crippen LogP contribution in [0.1, 0.15) is 38.4 Å². The molecule has 0 radical (unpaired) electrons. The maximum atomic E-state index is 6.24. The van der Waals surface area contributed by atoms with Gasteiger partial charge in [-0.25, -0.2) is 0 Å². The van der Waals surface area contributed by atoms with Crippen LogP contribution in [-0.4, -0.2) is 16.9 Å². The van der Waals surface area contributed by atoms with E-state index in [1.54, 1.807) is 13.3 Å². The van der Waals surface area contributed by atoms with Crippen molar-refractivity contribution in [3.05, 3.63) is 11.9 Å². The van der Waals surface area contributed by atoms with Gasteiger partial charge in [-0.3, -0.25) is 4.68 Å². The second-order valence-electron chi connectivity index (χ2n) is 3.82. The highest BCUT2D eigenvalue weighted by Crippen LogP contribution is 2.30. The van der Waals surface area contributed by atoms with E-state index in [4.69, 9.17) is 10.5 Å². The second-order valence-corrected chi connectivity index (χ2v) is 3.82. The van der Waals surface area contributed by atoms with E-state index in [1.165, 1.54) is 0 Å². The van der Waals surface area contributed by atoms with Gasteiger partial charge in [-0.05, 0) is 5.92 Å². The molecule has 1 rings (SSSR count). The van der Waals surface area contributed by atoms with Gasteiger partial charge in [0.1, 0.15) is 0 Å². The summed E-state index contributed by atoms with van der Waals surface area (Å²) < 4.78 is 7.07. The Labute approximate surface area is 91.4 Å². The third-order valence-electron chi connectivity index (χ3n) is 3.04. The van der Waals surface area contributed by atoms with Gasteiger partial charge in [0.25, 0.3) is 0 Å². The highest BCUT2D eigenvalue weighted by Gasteiger charge is 2.23. The van der Waals surface area contributed by atoms with Crippen molar-refractivity contribution in [1.82, 2.24) is 9.78 Å². The van der Waals surface area contributed by atoms with Crippen LogP contribution in [0, 0.1) is 5.92 Å². The Morgan fingerprint density at radius 2 is 2.07 bits per heavy atom. The molecule has 4 nitrogen and oxygen atoms in total. The Balaban J connectivity index is 2.97. The molecule has 2 N–H and O–H groups in total. The van der Waals surface area contributed by atoms with Crippen molar-refractivity contribution in [1.29, 1.82) is 0 Å². The summed E-state index contributed by atoms with van der Waals surface area (Å²) in [6.45, 7) is 4.33. The van der Waals surface area contributed by atoms with Gasteiger partial charge in [0.05, 0.1) is 25.0 Å². The minimum atomic E-state index is 0.00227. The number of aryl methyl sites for hydroxylation is 1. The van der Waals surface area contributed by atoms with Gasteiger partial charge in [-0.1, -0.05) is 26.7 Å². The molecular formula is C11H21N3O. The van der Waals surface area contributed by atoms with Crippen LogP contribution in [0.15, 0.2) is 6.20 Å². The standard InChI is InChI=1S/C11H21N3O/c1-5-8(6-2)10(12)11-9(15-4)7-13-14(11)3/h7-8,10H,5-6,12H2,1-4H3. The first-order valence-electron chi connectivity index (χ1n) is 5.47. The van der Waals surface area contributed by atoms with E-state index >= 15 is 0 Å². The van der Waals surface area contributed by atoms with Crippen LogP contribution in [-0.2, 0) is 7.05 Å². The first kappa shape index (κ1) is 12.0. The smallest absolute Gasteiger partial charge is 0.161 e. The molecule has 0 fully saturated rings. The summed E-state index contributed by atoms with van der Waals surface area (Å²) in [4.78, 5) is 0. The number of hydrogen-bond acceptors (Lipinski definition) is 3. The summed E-state index contributed by atoms with van der Waals surface area (Å²) in [5, 5.41) is 4.17. The quantitative estimate of drug-likeness (QED) is 0.809. The lowest BCUT2D eigenvalue weighted by molar-refractivity contribution is 0.359. The molecule has 0 aliphatic heterocycles. The third kappa shape index (κ3) is 2.31. The molecule has 1 atom stereocenters. The number of aromatic nitrogens is 2. The molecule has 0 aliphatic carbocycles. The topological polar surface area (TPSA) is 53.1 Å². The van der Waals surface area contributed by atoms with E-state index in [-0.39, 0.29) is 6.04 Å².